The average molecular weight is 262 g/mol. The number of benzene rings is 3. The Morgan fingerprint density at radius 3 is 2.60 bits per heavy atom. The van der Waals surface area contributed by atoms with Crippen molar-refractivity contribution in [3.05, 3.63) is 77.9 Å². The minimum absolute atomic E-state index is 0.0593. The molecular weight excluding hydrogens is 248 g/mol. The van der Waals surface area contributed by atoms with Gasteiger partial charge in [-0.2, -0.15) is 4.89 Å². The zero-order chi connectivity index (χ0) is 13.4. The third-order valence-corrected chi connectivity index (χ3v) is 3.80. The lowest BCUT2D eigenvalue weighted by Crippen LogP contribution is -2.16. The van der Waals surface area contributed by atoms with Crippen LogP contribution in [0.2, 0.25) is 0 Å². The Hall–Kier alpha value is -2.32. The molecule has 2 heteroatoms. The maximum atomic E-state index is 5.60. The lowest BCUT2D eigenvalue weighted by Gasteiger charge is -2.24. The Labute approximate surface area is 117 Å². The van der Waals surface area contributed by atoms with Crippen molar-refractivity contribution in [3.63, 3.8) is 0 Å². The molecule has 4 rings (SSSR count). The molecule has 2 nitrogen and oxygen atoms in total. The molecule has 0 aromatic heterocycles. The Bertz CT molecular complexity index is 759. The van der Waals surface area contributed by atoms with Crippen molar-refractivity contribution in [1.82, 2.24) is 0 Å². The van der Waals surface area contributed by atoms with Gasteiger partial charge < -0.3 is 4.89 Å². The molecule has 0 saturated carbocycles. The van der Waals surface area contributed by atoms with Crippen LogP contribution in [-0.4, -0.2) is 0 Å². The van der Waals surface area contributed by atoms with Gasteiger partial charge in [0.05, 0.1) is 0 Å². The van der Waals surface area contributed by atoms with Gasteiger partial charge in [0.25, 0.3) is 0 Å². The number of fused-ring (bicyclic) bond motifs is 2. The van der Waals surface area contributed by atoms with Crippen LogP contribution >= 0.6 is 0 Å². The standard InChI is InChI=1S/C18H14O2/c1-3-9-15-13(6-1)8-5-10-16(15)18-12-14-7-2-4-11-17(14)19-20-18/h1-11,18H,12H2. The molecule has 98 valence electrons. The van der Waals surface area contributed by atoms with Crippen molar-refractivity contribution < 1.29 is 9.78 Å². The van der Waals surface area contributed by atoms with Gasteiger partial charge in [-0.15, -0.1) is 0 Å². The number of rotatable bonds is 1. The van der Waals surface area contributed by atoms with Gasteiger partial charge in [0.2, 0.25) is 0 Å². The van der Waals surface area contributed by atoms with Crippen LogP contribution in [0.15, 0.2) is 66.7 Å². The molecule has 1 aliphatic heterocycles. The smallest absolute Gasteiger partial charge is 0.168 e. The predicted molar refractivity (Wildman–Crippen MR) is 78.5 cm³/mol. The highest BCUT2D eigenvalue weighted by atomic mass is 17.2. The average Bonchev–Trinajstić information content (AvgIpc) is 2.54. The van der Waals surface area contributed by atoms with Crippen LogP contribution < -0.4 is 4.89 Å². The molecule has 0 spiro atoms. The summed E-state index contributed by atoms with van der Waals surface area (Å²) in [5.41, 5.74) is 2.37. The summed E-state index contributed by atoms with van der Waals surface area (Å²) in [7, 11) is 0. The van der Waals surface area contributed by atoms with Crippen molar-refractivity contribution in [1.29, 1.82) is 0 Å². The number of hydrogen-bond acceptors (Lipinski definition) is 2. The Kier molecular flexibility index (Phi) is 2.68. The monoisotopic (exact) mass is 262 g/mol. The second-order valence-corrected chi connectivity index (χ2v) is 5.05. The molecule has 0 amide bonds. The second-order valence-electron chi connectivity index (χ2n) is 5.05. The van der Waals surface area contributed by atoms with Crippen molar-refractivity contribution in [2.24, 2.45) is 0 Å². The van der Waals surface area contributed by atoms with Gasteiger partial charge >= 0.3 is 0 Å². The van der Waals surface area contributed by atoms with Crippen molar-refractivity contribution in [3.8, 4) is 5.75 Å². The van der Waals surface area contributed by atoms with Gasteiger partial charge in [0.15, 0.2) is 5.75 Å². The van der Waals surface area contributed by atoms with Crippen molar-refractivity contribution in [2.75, 3.05) is 0 Å². The van der Waals surface area contributed by atoms with E-state index in [9.17, 15) is 0 Å². The molecule has 0 fully saturated rings. The van der Waals surface area contributed by atoms with Crippen LogP contribution in [0.5, 0.6) is 5.75 Å². The maximum Gasteiger partial charge on any atom is 0.168 e. The highest BCUT2D eigenvalue weighted by molar-refractivity contribution is 5.86. The molecular formula is C18H14O2. The third-order valence-electron chi connectivity index (χ3n) is 3.80. The summed E-state index contributed by atoms with van der Waals surface area (Å²) in [6.07, 6.45) is 0.778. The minimum Gasteiger partial charge on any atom is -0.337 e. The van der Waals surface area contributed by atoms with E-state index in [4.69, 9.17) is 9.78 Å². The number of hydrogen-bond donors (Lipinski definition) is 0. The fourth-order valence-electron chi connectivity index (χ4n) is 2.79. The van der Waals surface area contributed by atoms with E-state index in [1.165, 1.54) is 21.9 Å². The number of para-hydroxylation sites is 1. The topological polar surface area (TPSA) is 18.5 Å². The van der Waals surface area contributed by atoms with Crippen molar-refractivity contribution >= 4 is 10.8 Å². The van der Waals surface area contributed by atoms with E-state index < -0.39 is 0 Å². The SMILES string of the molecule is c1ccc2c(c1)CC(c1cccc3ccccc13)OO2. The molecule has 0 aliphatic carbocycles. The zero-order valence-electron chi connectivity index (χ0n) is 11.0. The molecule has 0 saturated heterocycles. The van der Waals surface area contributed by atoms with E-state index in [-0.39, 0.29) is 6.10 Å². The highest BCUT2D eigenvalue weighted by Crippen LogP contribution is 2.35. The molecule has 3 aromatic carbocycles. The minimum atomic E-state index is -0.0593. The summed E-state index contributed by atoms with van der Waals surface area (Å²) in [4.78, 5) is 11.0. The largest absolute Gasteiger partial charge is 0.337 e. The van der Waals surface area contributed by atoms with Crippen LogP contribution in [0.1, 0.15) is 17.2 Å². The summed E-state index contributed by atoms with van der Waals surface area (Å²) >= 11 is 0. The lowest BCUT2D eigenvalue weighted by molar-refractivity contribution is -0.257. The molecule has 1 unspecified atom stereocenters. The fourth-order valence-corrected chi connectivity index (χ4v) is 2.79. The molecule has 1 atom stereocenters. The maximum absolute atomic E-state index is 5.60. The van der Waals surface area contributed by atoms with E-state index in [1.54, 1.807) is 0 Å². The van der Waals surface area contributed by atoms with Gasteiger partial charge in [0.1, 0.15) is 6.10 Å². The van der Waals surface area contributed by atoms with Crippen LogP contribution in [0.4, 0.5) is 0 Å². The summed E-state index contributed by atoms with van der Waals surface area (Å²) in [5.74, 6) is 0.823. The van der Waals surface area contributed by atoms with Crippen molar-refractivity contribution in [2.45, 2.75) is 12.5 Å². The van der Waals surface area contributed by atoms with E-state index in [2.05, 4.69) is 48.5 Å². The molecule has 3 aromatic rings. The van der Waals surface area contributed by atoms with Gasteiger partial charge in [-0.1, -0.05) is 60.7 Å². The van der Waals surface area contributed by atoms with Gasteiger partial charge in [0, 0.05) is 12.0 Å². The van der Waals surface area contributed by atoms with Gasteiger partial charge in [-0.3, -0.25) is 0 Å². The third kappa shape index (κ3) is 1.86. The van der Waals surface area contributed by atoms with Gasteiger partial charge in [-0.25, -0.2) is 0 Å². The lowest BCUT2D eigenvalue weighted by atomic mass is 9.95. The Morgan fingerprint density at radius 1 is 0.800 bits per heavy atom. The highest BCUT2D eigenvalue weighted by Gasteiger charge is 2.23. The molecule has 1 aliphatic rings. The first-order chi connectivity index (χ1) is 9.92. The molecule has 0 N–H and O–H groups in total. The van der Waals surface area contributed by atoms with Gasteiger partial charge in [-0.05, 0) is 22.4 Å². The van der Waals surface area contributed by atoms with E-state index in [0.29, 0.717) is 0 Å². The van der Waals surface area contributed by atoms with E-state index in [1.807, 2.05) is 18.2 Å². The van der Waals surface area contributed by atoms with E-state index >= 15 is 0 Å². The first-order valence-electron chi connectivity index (χ1n) is 6.81. The molecule has 1 heterocycles. The quantitative estimate of drug-likeness (QED) is 0.603. The molecule has 20 heavy (non-hydrogen) atoms. The van der Waals surface area contributed by atoms with Crippen LogP contribution in [0.25, 0.3) is 10.8 Å². The van der Waals surface area contributed by atoms with Crippen LogP contribution in [0, 0.1) is 0 Å². The summed E-state index contributed by atoms with van der Waals surface area (Å²) in [6, 6.07) is 22.7. The van der Waals surface area contributed by atoms with Crippen LogP contribution in [-0.2, 0) is 11.3 Å². The Balaban J connectivity index is 1.78. The molecule has 0 bridgehead atoms. The van der Waals surface area contributed by atoms with Crippen LogP contribution in [0.3, 0.4) is 0 Å². The molecule has 0 radical (unpaired) electrons. The zero-order valence-corrected chi connectivity index (χ0v) is 11.0. The first kappa shape index (κ1) is 11.5. The summed E-state index contributed by atoms with van der Waals surface area (Å²) in [5, 5.41) is 2.45. The second kappa shape index (κ2) is 4.66. The first-order valence-corrected chi connectivity index (χ1v) is 6.81. The fraction of sp³-hybridized carbons (Fsp3) is 0.111. The van der Waals surface area contributed by atoms with E-state index in [0.717, 1.165) is 12.2 Å². The summed E-state index contributed by atoms with van der Waals surface area (Å²) < 4.78 is 0. The summed E-state index contributed by atoms with van der Waals surface area (Å²) in [6.45, 7) is 0. The Morgan fingerprint density at radius 2 is 1.60 bits per heavy atom. The predicted octanol–water partition coefficient (Wildman–Crippen LogP) is 4.45. The normalized spacial score (nSPS) is 17.5.